The fraction of sp³-hybridized carbons (Fsp3) is 0.556. The molecule has 1 fully saturated rings. The summed E-state index contributed by atoms with van der Waals surface area (Å²) in [4.78, 5) is 46.8. The van der Waals surface area contributed by atoms with Crippen molar-refractivity contribution in [2.75, 3.05) is 13.1 Å². The molecule has 1 saturated carbocycles. The first-order chi connectivity index (χ1) is 13.0. The van der Waals surface area contributed by atoms with E-state index in [0.29, 0.717) is 12.3 Å². The van der Waals surface area contributed by atoms with Crippen LogP contribution in [-0.4, -0.2) is 47.9 Å². The Labute approximate surface area is 159 Å². The molecule has 27 heavy (non-hydrogen) atoms. The Hall–Kier alpha value is -2.84. The molecule has 0 aliphatic heterocycles. The molecule has 152 valence electrons. The van der Waals surface area contributed by atoms with Gasteiger partial charge in [-0.2, -0.15) is 0 Å². The monoisotopic (exact) mass is 383 g/mol. The van der Waals surface area contributed by atoms with Gasteiger partial charge in [-0.25, -0.2) is 0 Å². The number of carboxylic acid groups (broad SMARTS) is 1. The van der Waals surface area contributed by atoms with Gasteiger partial charge in [0.2, 0.25) is 11.8 Å². The minimum Gasteiger partial charge on any atom is -0.480 e. The molecule has 1 aromatic heterocycles. The van der Waals surface area contributed by atoms with Crippen LogP contribution < -0.4 is 16.0 Å². The summed E-state index contributed by atoms with van der Waals surface area (Å²) < 4.78 is 5.05. The molecular formula is C18H29N3O6. The first-order valence-electron chi connectivity index (χ1n) is 9.06. The van der Waals surface area contributed by atoms with Crippen LogP contribution in [0.25, 0.3) is 0 Å². The summed E-state index contributed by atoms with van der Waals surface area (Å²) in [6.07, 6.45) is 7.23. The predicted molar refractivity (Wildman–Crippen MR) is 99.0 cm³/mol. The molecular weight excluding hydrogens is 354 g/mol. The molecule has 2 rings (SSSR count). The highest BCUT2D eigenvalue weighted by molar-refractivity contribution is 5.96. The summed E-state index contributed by atoms with van der Waals surface area (Å²) in [6.45, 7) is -0.876. The number of carbonyl (C=O) groups is 4. The van der Waals surface area contributed by atoms with Gasteiger partial charge in [-0.15, -0.1) is 0 Å². The lowest BCUT2D eigenvalue weighted by atomic mass is 9.84. The van der Waals surface area contributed by atoms with E-state index in [9.17, 15) is 19.2 Å². The molecule has 1 atom stereocenters. The van der Waals surface area contributed by atoms with Gasteiger partial charge in [0.05, 0.1) is 12.8 Å². The third-order valence-corrected chi connectivity index (χ3v) is 4.52. The van der Waals surface area contributed by atoms with Gasteiger partial charge in [0.1, 0.15) is 12.6 Å². The number of rotatable bonds is 9. The molecule has 1 heterocycles. The topological polar surface area (TPSA) is 138 Å². The van der Waals surface area contributed by atoms with E-state index < -0.39 is 36.3 Å². The van der Waals surface area contributed by atoms with E-state index in [0.717, 1.165) is 25.7 Å². The largest absolute Gasteiger partial charge is 0.480 e. The molecule has 0 spiro atoms. The van der Waals surface area contributed by atoms with Crippen molar-refractivity contribution in [2.45, 2.75) is 44.6 Å². The van der Waals surface area contributed by atoms with Gasteiger partial charge in [-0.05, 0) is 24.5 Å². The quantitative estimate of drug-likeness (QED) is 0.505. The van der Waals surface area contributed by atoms with Crippen LogP contribution in [0.15, 0.2) is 22.8 Å². The second-order valence-corrected chi connectivity index (χ2v) is 6.63. The van der Waals surface area contributed by atoms with Crippen molar-refractivity contribution >= 4 is 23.7 Å². The van der Waals surface area contributed by atoms with Crippen molar-refractivity contribution < 1.29 is 31.6 Å². The lowest BCUT2D eigenvalue weighted by Gasteiger charge is -2.26. The zero-order valence-electron chi connectivity index (χ0n) is 15.0. The first-order valence-corrected chi connectivity index (χ1v) is 9.06. The number of hydrogen-bond acceptors (Lipinski definition) is 5. The maximum absolute atomic E-state index is 12.5. The molecule has 0 aromatic carbocycles. The maximum Gasteiger partial charge on any atom is 0.322 e. The predicted octanol–water partition coefficient (Wildman–Crippen LogP) is 1.16. The van der Waals surface area contributed by atoms with E-state index in [1.54, 1.807) is 6.07 Å². The van der Waals surface area contributed by atoms with Crippen molar-refractivity contribution in [3.05, 3.63) is 24.2 Å². The third kappa shape index (κ3) is 7.12. The van der Waals surface area contributed by atoms with Gasteiger partial charge in [0, 0.05) is 2.85 Å². The average molecular weight is 383 g/mol. The normalized spacial score (nSPS) is 15.6. The van der Waals surface area contributed by atoms with Gasteiger partial charge in [-0.3, -0.25) is 19.2 Å². The van der Waals surface area contributed by atoms with E-state index >= 15 is 0 Å². The summed E-state index contributed by atoms with van der Waals surface area (Å²) in [5.74, 6) is -2.32. The molecule has 9 nitrogen and oxygen atoms in total. The molecule has 4 N–H and O–H groups in total. The van der Waals surface area contributed by atoms with Crippen molar-refractivity contribution in [2.24, 2.45) is 5.92 Å². The Bertz CT molecular complexity index is 663. The molecule has 0 saturated heterocycles. The fourth-order valence-corrected chi connectivity index (χ4v) is 3.15. The van der Waals surface area contributed by atoms with E-state index in [-0.39, 0.29) is 15.2 Å². The van der Waals surface area contributed by atoms with Gasteiger partial charge >= 0.3 is 5.97 Å². The highest BCUT2D eigenvalue weighted by Crippen LogP contribution is 2.27. The highest BCUT2D eigenvalue weighted by Gasteiger charge is 2.27. The summed E-state index contributed by atoms with van der Waals surface area (Å²) in [6, 6.07) is 2.29. The highest BCUT2D eigenvalue weighted by atomic mass is 16.4. The number of carboxylic acids is 1. The summed E-state index contributed by atoms with van der Waals surface area (Å²) in [5.41, 5.74) is 0. The number of aliphatic carboxylic acids is 1. The number of carbonyl (C=O) groups excluding carboxylic acids is 3. The molecule has 0 unspecified atom stereocenters. The zero-order chi connectivity index (χ0) is 19.6. The van der Waals surface area contributed by atoms with Crippen molar-refractivity contribution in [3.63, 3.8) is 0 Å². The standard InChI is InChI=1S/C18H25N3O6.2H2/c22-15(19-11-16(23)24)10-20-17(25)13(9-12-5-2-1-3-6-12)21-18(26)14-7-4-8-27-14;;/h4,7-8,12-13H,1-3,5-6,9-11H2,(H,19,22)(H,20,25)(H,21,26)(H,23,24);2*1H/t13-;;/m0../s1. The van der Waals surface area contributed by atoms with Crippen molar-refractivity contribution in [1.29, 1.82) is 0 Å². The Morgan fingerprint density at radius 2 is 1.89 bits per heavy atom. The van der Waals surface area contributed by atoms with Crippen LogP contribution in [0.5, 0.6) is 0 Å². The SMILES string of the molecule is O=C(O)CNC(=O)CNC(=O)[C@H](CC1CCCCC1)NC(=O)c1ccco1.[HH].[HH]. The second kappa shape index (κ2) is 10.3. The van der Waals surface area contributed by atoms with Crippen molar-refractivity contribution in [1.82, 2.24) is 16.0 Å². The van der Waals surface area contributed by atoms with Crippen LogP contribution in [0, 0.1) is 5.92 Å². The molecule has 0 radical (unpaired) electrons. The van der Waals surface area contributed by atoms with E-state index in [2.05, 4.69) is 16.0 Å². The summed E-state index contributed by atoms with van der Waals surface area (Å²) in [7, 11) is 0. The van der Waals surface area contributed by atoms with Crippen LogP contribution in [0.3, 0.4) is 0 Å². The summed E-state index contributed by atoms with van der Waals surface area (Å²) in [5, 5.41) is 15.8. The van der Waals surface area contributed by atoms with Crippen LogP contribution >= 0.6 is 0 Å². The van der Waals surface area contributed by atoms with Crippen molar-refractivity contribution in [3.8, 4) is 0 Å². The molecule has 1 aromatic rings. The number of nitrogens with one attached hydrogen (secondary N) is 3. The van der Waals surface area contributed by atoms with Crippen LogP contribution in [0.2, 0.25) is 0 Å². The van der Waals surface area contributed by atoms with E-state index in [1.165, 1.54) is 18.8 Å². The third-order valence-electron chi connectivity index (χ3n) is 4.52. The minimum absolute atomic E-state index is 0. The van der Waals surface area contributed by atoms with Crippen LogP contribution in [-0.2, 0) is 14.4 Å². The summed E-state index contributed by atoms with van der Waals surface area (Å²) >= 11 is 0. The number of hydrogen-bond donors (Lipinski definition) is 4. The Balaban J connectivity index is 0.00000392. The molecule has 1 aliphatic carbocycles. The number of furan rings is 1. The van der Waals surface area contributed by atoms with Crippen LogP contribution in [0.1, 0.15) is 51.9 Å². The van der Waals surface area contributed by atoms with E-state index in [4.69, 9.17) is 9.52 Å². The van der Waals surface area contributed by atoms with E-state index in [1.807, 2.05) is 0 Å². The molecule has 9 heteroatoms. The van der Waals surface area contributed by atoms with Crippen LogP contribution in [0.4, 0.5) is 0 Å². The van der Waals surface area contributed by atoms with Gasteiger partial charge in [0.15, 0.2) is 5.76 Å². The maximum atomic E-state index is 12.5. The fourth-order valence-electron chi connectivity index (χ4n) is 3.15. The zero-order valence-corrected chi connectivity index (χ0v) is 15.0. The van der Waals surface area contributed by atoms with Gasteiger partial charge in [0.25, 0.3) is 5.91 Å². The Morgan fingerprint density at radius 1 is 1.15 bits per heavy atom. The molecule has 0 bridgehead atoms. The second-order valence-electron chi connectivity index (χ2n) is 6.63. The Kier molecular flexibility index (Phi) is 7.84. The average Bonchev–Trinajstić information content (AvgIpc) is 3.19. The smallest absolute Gasteiger partial charge is 0.322 e. The number of amides is 3. The van der Waals surface area contributed by atoms with Gasteiger partial charge in [-0.1, -0.05) is 32.1 Å². The first kappa shape index (κ1) is 20.5. The Morgan fingerprint density at radius 3 is 2.52 bits per heavy atom. The minimum atomic E-state index is -1.17. The van der Waals surface area contributed by atoms with Gasteiger partial charge < -0.3 is 25.5 Å². The molecule has 1 aliphatic rings. The lowest BCUT2D eigenvalue weighted by Crippen LogP contribution is -2.50. The molecule has 3 amide bonds. The lowest BCUT2D eigenvalue weighted by molar-refractivity contribution is -0.137.